The molecule has 1 unspecified atom stereocenters. The molecule has 0 N–H and O–H groups in total. The Morgan fingerprint density at radius 3 is 1.72 bits per heavy atom. The Morgan fingerprint density at radius 2 is 1.44 bits per heavy atom. The molecule has 0 rings (SSSR count). The molecule has 108 valence electrons. The summed E-state index contributed by atoms with van der Waals surface area (Å²) < 4.78 is 1.46. The molecule has 1 atom stereocenters. The number of hydrogen-bond donors (Lipinski definition) is 0. The first-order valence-corrected chi connectivity index (χ1v) is 8.37. The third-order valence-corrected chi connectivity index (χ3v) is 5.20. The zero-order valence-electron chi connectivity index (χ0n) is 12.2. The van der Waals surface area contributed by atoms with Crippen LogP contribution in [0.1, 0.15) is 59.3 Å². The Kier molecular flexibility index (Phi) is 14.6. The molecule has 0 aliphatic rings. The van der Waals surface area contributed by atoms with Crippen molar-refractivity contribution in [2.75, 3.05) is 19.6 Å². The van der Waals surface area contributed by atoms with E-state index < -0.39 is 0 Å². The molecule has 1 nitrogen and oxygen atoms in total. The highest BCUT2D eigenvalue weighted by Gasteiger charge is 2.31. The molecule has 0 bridgehead atoms. The van der Waals surface area contributed by atoms with Gasteiger partial charge in [-0.05, 0) is 38.5 Å². The molecule has 3 heteroatoms. The maximum atomic E-state index is 5.67. The summed E-state index contributed by atoms with van der Waals surface area (Å²) in [5.74, 6) is 2.97. The molecule has 18 heavy (non-hydrogen) atoms. The third-order valence-electron chi connectivity index (χ3n) is 3.66. The smallest absolute Gasteiger partial charge is 0.200 e. The lowest BCUT2D eigenvalue weighted by Crippen LogP contribution is -3.00. The number of halogens is 2. The fraction of sp³-hybridized carbons (Fsp3) is 0.867. The van der Waals surface area contributed by atoms with Crippen LogP contribution in [0.4, 0.5) is 0 Å². The highest BCUT2D eigenvalue weighted by atomic mass is 127. The molecule has 0 heterocycles. The lowest BCUT2D eigenvalue weighted by molar-refractivity contribution is -0.925. The van der Waals surface area contributed by atoms with Crippen LogP contribution in [0.5, 0.6) is 0 Å². The molecule has 0 aliphatic carbocycles. The molecular weight excluding hydrogens is 357 g/mol. The van der Waals surface area contributed by atoms with Crippen molar-refractivity contribution in [2.24, 2.45) is 0 Å². The monoisotopic (exact) mass is 385 g/mol. The Bertz CT molecular complexity index is 215. The number of hydrogen-bond acceptors (Lipinski definition) is 0. The van der Waals surface area contributed by atoms with E-state index in [2.05, 4.69) is 49.3 Å². The first-order chi connectivity index (χ1) is 8.16. The standard InChI is InChI=1S/C15H29IN.ClH/c1-5-9-11-13-17(8-4,15(16)7-3)14-12-10-6-2;/h3,15H,5-6,8-14H2,1-2,4H3;1H/q+1;/p-1. The fourth-order valence-corrected chi connectivity index (χ4v) is 3.28. The van der Waals surface area contributed by atoms with Gasteiger partial charge in [-0.1, -0.05) is 26.7 Å². The van der Waals surface area contributed by atoms with Crippen molar-refractivity contribution in [1.82, 2.24) is 0 Å². The number of unbranched alkanes of at least 4 members (excludes halogenated alkanes) is 4. The number of terminal acetylenes is 1. The highest BCUT2D eigenvalue weighted by Crippen LogP contribution is 2.22. The van der Waals surface area contributed by atoms with E-state index in [1.54, 1.807) is 0 Å². The van der Waals surface area contributed by atoms with Crippen LogP contribution in [-0.2, 0) is 0 Å². The quantitative estimate of drug-likeness (QED) is 0.134. The predicted octanol–water partition coefficient (Wildman–Crippen LogP) is 1.60. The van der Waals surface area contributed by atoms with E-state index in [-0.39, 0.29) is 12.4 Å². The van der Waals surface area contributed by atoms with Gasteiger partial charge < -0.3 is 16.9 Å². The summed E-state index contributed by atoms with van der Waals surface area (Å²) in [5, 5.41) is 0. The van der Waals surface area contributed by atoms with Crippen LogP contribution in [-0.4, -0.2) is 28.2 Å². The van der Waals surface area contributed by atoms with Crippen LogP contribution in [0, 0.1) is 12.3 Å². The molecule has 0 fully saturated rings. The SMILES string of the molecule is C#CC(I)[N+](CC)(CCCCC)CCCCC.[Cl-]. The van der Waals surface area contributed by atoms with Gasteiger partial charge in [-0.25, -0.2) is 0 Å². The minimum absolute atomic E-state index is 0. The first-order valence-electron chi connectivity index (χ1n) is 7.12. The van der Waals surface area contributed by atoms with Crippen molar-refractivity contribution >= 4 is 22.6 Å². The summed E-state index contributed by atoms with van der Waals surface area (Å²) in [6.07, 6.45) is 13.6. The average molecular weight is 386 g/mol. The summed E-state index contributed by atoms with van der Waals surface area (Å²) in [6.45, 7) is 10.5. The van der Waals surface area contributed by atoms with Gasteiger partial charge >= 0.3 is 0 Å². The maximum absolute atomic E-state index is 5.67. The number of alkyl halides is 1. The van der Waals surface area contributed by atoms with Crippen molar-refractivity contribution in [3.05, 3.63) is 0 Å². The van der Waals surface area contributed by atoms with Gasteiger partial charge in [-0.15, -0.1) is 6.42 Å². The Labute approximate surface area is 134 Å². The van der Waals surface area contributed by atoms with E-state index in [0.717, 1.165) is 4.48 Å². The first kappa shape index (κ1) is 20.8. The van der Waals surface area contributed by atoms with Gasteiger partial charge in [0.1, 0.15) is 0 Å². The Hall–Kier alpha value is 0.540. The molecule has 0 saturated heterocycles. The zero-order valence-corrected chi connectivity index (χ0v) is 15.1. The summed E-state index contributed by atoms with van der Waals surface area (Å²) in [4.78, 5) is 0. The largest absolute Gasteiger partial charge is 1.00 e. The Morgan fingerprint density at radius 1 is 1.00 bits per heavy atom. The van der Waals surface area contributed by atoms with Crippen LogP contribution in [0.2, 0.25) is 0 Å². The van der Waals surface area contributed by atoms with Crippen molar-refractivity contribution in [3.8, 4) is 12.3 Å². The second kappa shape index (κ2) is 12.6. The van der Waals surface area contributed by atoms with Crippen LogP contribution in [0.25, 0.3) is 0 Å². The molecule has 0 amide bonds. The molecule has 0 aromatic carbocycles. The average Bonchev–Trinajstić information content (AvgIpc) is 2.36. The second-order valence-corrected chi connectivity index (χ2v) is 6.08. The summed E-state index contributed by atoms with van der Waals surface area (Å²) >= 11 is 2.46. The molecule has 0 radical (unpaired) electrons. The summed E-state index contributed by atoms with van der Waals surface area (Å²) in [6, 6.07) is 0. The third kappa shape index (κ3) is 7.21. The predicted molar refractivity (Wildman–Crippen MR) is 86.2 cm³/mol. The minimum Gasteiger partial charge on any atom is -1.00 e. The summed E-state index contributed by atoms with van der Waals surface area (Å²) in [5.41, 5.74) is 0. The van der Waals surface area contributed by atoms with E-state index in [1.807, 2.05) is 0 Å². The topological polar surface area (TPSA) is 0 Å². The van der Waals surface area contributed by atoms with Gasteiger partial charge in [0.2, 0.25) is 4.05 Å². The van der Waals surface area contributed by atoms with Crippen molar-refractivity contribution < 1.29 is 16.9 Å². The maximum Gasteiger partial charge on any atom is 0.200 e. The van der Waals surface area contributed by atoms with Crippen molar-refractivity contribution in [2.45, 2.75) is 63.3 Å². The number of rotatable bonds is 10. The zero-order chi connectivity index (χ0) is 13.1. The van der Waals surface area contributed by atoms with Gasteiger partial charge in [0.15, 0.2) is 0 Å². The van der Waals surface area contributed by atoms with Crippen LogP contribution in [0.15, 0.2) is 0 Å². The van der Waals surface area contributed by atoms with Gasteiger partial charge in [-0.2, -0.15) is 0 Å². The highest BCUT2D eigenvalue weighted by molar-refractivity contribution is 14.1. The second-order valence-electron chi connectivity index (χ2n) is 4.90. The van der Waals surface area contributed by atoms with E-state index in [1.165, 1.54) is 58.2 Å². The lowest BCUT2D eigenvalue weighted by atomic mass is 10.1. The fourth-order valence-electron chi connectivity index (χ4n) is 2.33. The molecular formula is C15H29ClIN. The van der Waals surface area contributed by atoms with Gasteiger partial charge in [-0.3, -0.25) is 0 Å². The van der Waals surface area contributed by atoms with Gasteiger partial charge in [0.05, 0.1) is 19.6 Å². The van der Waals surface area contributed by atoms with E-state index in [0.29, 0.717) is 4.05 Å². The molecule has 0 aromatic heterocycles. The van der Waals surface area contributed by atoms with Crippen molar-refractivity contribution in [1.29, 1.82) is 0 Å². The lowest BCUT2D eigenvalue weighted by Gasteiger charge is -2.40. The molecule has 0 spiro atoms. The van der Waals surface area contributed by atoms with Crippen LogP contribution >= 0.6 is 22.6 Å². The van der Waals surface area contributed by atoms with E-state index in [4.69, 9.17) is 6.42 Å². The van der Waals surface area contributed by atoms with Gasteiger partial charge in [0, 0.05) is 22.6 Å². The van der Waals surface area contributed by atoms with Gasteiger partial charge in [0.25, 0.3) is 0 Å². The number of quaternary nitrogens is 1. The Balaban J connectivity index is 0. The number of nitrogens with zero attached hydrogens (tertiary/aromatic N) is 1. The molecule has 0 aliphatic heterocycles. The molecule has 0 saturated carbocycles. The van der Waals surface area contributed by atoms with E-state index >= 15 is 0 Å². The minimum atomic E-state index is 0. The van der Waals surface area contributed by atoms with Crippen LogP contribution < -0.4 is 12.4 Å². The van der Waals surface area contributed by atoms with Crippen LogP contribution in [0.3, 0.4) is 0 Å². The van der Waals surface area contributed by atoms with Crippen molar-refractivity contribution in [3.63, 3.8) is 0 Å². The normalized spacial score (nSPS) is 12.6. The molecule has 0 aromatic rings. The summed E-state index contributed by atoms with van der Waals surface area (Å²) in [7, 11) is 0. The van der Waals surface area contributed by atoms with E-state index in [9.17, 15) is 0 Å².